The van der Waals surface area contributed by atoms with E-state index in [4.69, 9.17) is 0 Å². The van der Waals surface area contributed by atoms with E-state index in [-0.39, 0.29) is 17.0 Å². The Morgan fingerprint density at radius 3 is 2.86 bits per heavy atom. The van der Waals surface area contributed by atoms with E-state index >= 15 is 0 Å². The van der Waals surface area contributed by atoms with Gasteiger partial charge in [-0.05, 0) is 18.2 Å². The van der Waals surface area contributed by atoms with Crippen LogP contribution in [0.3, 0.4) is 0 Å². The SMILES string of the molecule is O=C(Nc1ccccc1-n1cncn1)c1cc[nH]c(=O)c1. The molecule has 1 aromatic carbocycles. The molecule has 0 spiro atoms. The molecule has 0 aliphatic rings. The predicted molar refractivity (Wildman–Crippen MR) is 76.4 cm³/mol. The summed E-state index contributed by atoms with van der Waals surface area (Å²) < 4.78 is 1.55. The number of hydrogen-bond donors (Lipinski definition) is 2. The number of nitrogens with one attached hydrogen (secondary N) is 2. The van der Waals surface area contributed by atoms with Gasteiger partial charge in [-0.25, -0.2) is 9.67 Å². The van der Waals surface area contributed by atoms with E-state index in [1.54, 1.807) is 16.8 Å². The minimum Gasteiger partial charge on any atom is -0.329 e. The summed E-state index contributed by atoms with van der Waals surface area (Å²) >= 11 is 0. The molecule has 0 unspecified atom stereocenters. The minimum atomic E-state index is -0.367. The lowest BCUT2D eigenvalue weighted by Gasteiger charge is -2.10. The molecule has 0 saturated heterocycles. The van der Waals surface area contributed by atoms with Crippen molar-refractivity contribution in [1.82, 2.24) is 19.7 Å². The summed E-state index contributed by atoms with van der Waals surface area (Å²) in [5.41, 5.74) is 1.22. The lowest BCUT2D eigenvalue weighted by Crippen LogP contribution is -2.16. The molecule has 0 bridgehead atoms. The first-order chi connectivity index (χ1) is 10.2. The van der Waals surface area contributed by atoms with Gasteiger partial charge in [0.15, 0.2) is 0 Å². The minimum absolute atomic E-state index is 0.284. The van der Waals surface area contributed by atoms with Crippen molar-refractivity contribution in [3.05, 3.63) is 71.2 Å². The van der Waals surface area contributed by atoms with Crippen LogP contribution in [0.1, 0.15) is 10.4 Å². The molecule has 7 heteroatoms. The summed E-state index contributed by atoms with van der Waals surface area (Å²) in [4.78, 5) is 29.8. The number of benzene rings is 1. The molecule has 0 atom stereocenters. The number of hydrogen-bond acceptors (Lipinski definition) is 4. The van der Waals surface area contributed by atoms with Gasteiger partial charge < -0.3 is 10.3 Å². The van der Waals surface area contributed by atoms with Crippen molar-refractivity contribution in [2.24, 2.45) is 0 Å². The number of pyridine rings is 1. The first kappa shape index (κ1) is 12.8. The van der Waals surface area contributed by atoms with E-state index in [9.17, 15) is 9.59 Å². The summed E-state index contributed by atoms with van der Waals surface area (Å²) in [6.07, 6.45) is 4.38. The Balaban J connectivity index is 1.92. The largest absolute Gasteiger partial charge is 0.329 e. The van der Waals surface area contributed by atoms with Gasteiger partial charge in [0.25, 0.3) is 5.91 Å². The van der Waals surface area contributed by atoms with Gasteiger partial charge in [-0.1, -0.05) is 12.1 Å². The Hall–Kier alpha value is -3.22. The van der Waals surface area contributed by atoms with Crippen LogP contribution in [0.2, 0.25) is 0 Å². The van der Waals surface area contributed by atoms with Gasteiger partial charge in [-0.2, -0.15) is 5.10 Å². The number of aromatic amines is 1. The molecule has 0 saturated carbocycles. The molecule has 21 heavy (non-hydrogen) atoms. The topological polar surface area (TPSA) is 92.7 Å². The maximum atomic E-state index is 12.2. The second-order valence-corrected chi connectivity index (χ2v) is 4.25. The summed E-state index contributed by atoms with van der Waals surface area (Å²) in [5, 5.41) is 6.80. The fourth-order valence-electron chi connectivity index (χ4n) is 1.89. The number of carbonyl (C=O) groups is 1. The molecular formula is C14H11N5O2. The van der Waals surface area contributed by atoms with Crippen molar-refractivity contribution in [3.63, 3.8) is 0 Å². The van der Waals surface area contributed by atoms with Crippen LogP contribution in [0.15, 0.2) is 60.0 Å². The molecule has 1 amide bonds. The highest BCUT2D eigenvalue weighted by Gasteiger charge is 2.10. The molecule has 104 valence electrons. The van der Waals surface area contributed by atoms with Gasteiger partial charge in [-0.15, -0.1) is 0 Å². The molecular weight excluding hydrogens is 270 g/mol. The molecule has 3 rings (SSSR count). The Labute approximate surface area is 119 Å². The standard InChI is InChI=1S/C14H11N5O2/c20-13-7-10(5-6-16-13)14(21)18-11-3-1-2-4-12(11)19-9-15-8-17-19/h1-9H,(H,16,20)(H,18,21). The average molecular weight is 281 g/mol. The molecule has 2 heterocycles. The Morgan fingerprint density at radius 2 is 2.10 bits per heavy atom. The number of nitrogens with zero attached hydrogens (tertiary/aromatic N) is 3. The van der Waals surface area contributed by atoms with Gasteiger partial charge in [0.1, 0.15) is 12.7 Å². The molecule has 0 fully saturated rings. The fraction of sp³-hybridized carbons (Fsp3) is 0. The van der Waals surface area contributed by atoms with Crippen molar-refractivity contribution < 1.29 is 4.79 Å². The highest BCUT2D eigenvalue weighted by Crippen LogP contribution is 2.19. The first-order valence-corrected chi connectivity index (χ1v) is 6.18. The first-order valence-electron chi connectivity index (χ1n) is 6.18. The number of amides is 1. The smallest absolute Gasteiger partial charge is 0.255 e. The third-order valence-corrected chi connectivity index (χ3v) is 2.86. The summed E-state index contributed by atoms with van der Waals surface area (Å²) in [7, 11) is 0. The highest BCUT2D eigenvalue weighted by molar-refractivity contribution is 6.05. The number of aromatic nitrogens is 4. The maximum Gasteiger partial charge on any atom is 0.255 e. The number of carbonyl (C=O) groups excluding carboxylic acids is 1. The van der Waals surface area contributed by atoms with Gasteiger partial charge in [-0.3, -0.25) is 9.59 Å². The Bertz CT molecular complexity index is 823. The number of para-hydroxylation sites is 2. The van der Waals surface area contributed by atoms with Crippen molar-refractivity contribution in [1.29, 1.82) is 0 Å². The maximum absolute atomic E-state index is 12.2. The van der Waals surface area contributed by atoms with Crippen LogP contribution in [0.4, 0.5) is 5.69 Å². The molecule has 3 aromatic rings. The van der Waals surface area contributed by atoms with Crippen molar-refractivity contribution >= 4 is 11.6 Å². The molecule has 0 radical (unpaired) electrons. The number of anilines is 1. The summed E-state index contributed by atoms with van der Waals surface area (Å²) in [6.45, 7) is 0. The average Bonchev–Trinajstić information content (AvgIpc) is 3.02. The lowest BCUT2D eigenvalue weighted by molar-refractivity contribution is 0.102. The van der Waals surface area contributed by atoms with E-state index in [2.05, 4.69) is 20.4 Å². The molecule has 0 aliphatic carbocycles. The van der Waals surface area contributed by atoms with E-state index in [1.807, 2.05) is 12.1 Å². The van der Waals surface area contributed by atoms with E-state index < -0.39 is 0 Å². The van der Waals surface area contributed by atoms with Crippen LogP contribution >= 0.6 is 0 Å². The van der Waals surface area contributed by atoms with Crippen molar-refractivity contribution in [2.45, 2.75) is 0 Å². The van der Waals surface area contributed by atoms with E-state index in [0.717, 1.165) is 0 Å². The second kappa shape index (κ2) is 5.41. The van der Waals surface area contributed by atoms with Gasteiger partial charge in [0.05, 0.1) is 11.4 Å². The molecule has 0 aliphatic heterocycles. The van der Waals surface area contributed by atoms with Crippen LogP contribution in [0.5, 0.6) is 0 Å². The summed E-state index contributed by atoms with van der Waals surface area (Å²) in [5.74, 6) is -0.367. The van der Waals surface area contributed by atoms with Gasteiger partial charge >= 0.3 is 0 Å². The van der Waals surface area contributed by atoms with Crippen LogP contribution in [-0.2, 0) is 0 Å². The lowest BCUT2D eigenvalue weighted by atomic mass is 10.2. The van der Waals surface area contributed by atoms with E-state index in [0.29, 0.717) is 11.4 Å². The van der Waals surface area contributed by atoms with Crippen molar-refractivity contribution in [3.8, 4) is 5.69 Å². The Kier molecular flexibility index (Phi) is 3.30. The van der Waals surface area contributed by atoms with Crippen LogP contribution in [-0.4, -0.2) is 25.7 Å². The quantitative estimate of drug-likeness (QED) is 0.754. The molecule has 7 nitrogen and oxygen atoms in total. The molecule has 2 N–H and O–H groups in total. The molecule has 2 aromatic heterocycles. The highest BCUT2D eigenvalue weighted by atomic mass is 16.2. The van der Waals surface area contributed by atoms with Crippen LogP contribution in [0.25, 0.3) is 5.69 Å². The van der Waals surface area contributed by atoms with Gasteiger partial charge in [0.2, 0.25) is 5.56 Å². The van der Waals surface area contributed by atoms with Crippen LogP contribution in [0, 0.1) is 0 Å². The zero-order chi connectivity index (χ0) is 14.7. The number of rotatable bonds is 3. The summed E-state index contributed by atoms with van der Waals surface area (Å²) in [6, 6.07) is 9.97. The third kappa shape index (κ3) is 2.71. The van der Waals surface area contributed by atoms with Gasteiger partial charge in [0, 0.05) is 17.8 Å². The predicted octanol–water partition coefficient (Wildman–Crippen LogP) is 1.21. The zero-order valence-corrected chi connectivity index (χ0v) is 10.9. The fourth-order valence-corrected chi connectivity index (χ4v) is 1.89. The monoisotopic (exact) mass is 281 g/mol. The normalized spacial score (nSPS) is 10.3. The number of H-pyrrole nitrogens is 1. The zero-order valence-electron chi connectivity index (χ0n) is 10.9. The van der Waals surface area contributed by atoms with E-state index in [1.165, 1.54) is 31.0 Å². The third-order valence-electron chi connectivity index (χ3n) is 2.86. The Morgan fingerprint density at radius 1 is 1.24 bits per heavy atom. The second-order valence-electron chi connectivity index (χ2n) is 4.25. The van der Waals surface area contributed by atoms with Crippen LogP contribution < -0.4 is 10.9 Å². The van der Waals surface area contributed by atoms with Crippen molar-refractivity contribution in [2.75, 3.05) is 5.32 Å².